The second kappa shape index (κ2) is 13.0. The fourth-order valence-corrected chi connectivity index (χ4v) is 6.79. The Hall–Kier alpha value is -3.32. The van der Waals surface area contributed by atoms with Gasteiger partial charge in [-0.25, -0.2) is 22.6 Å². The number of piperazine rings is 1. The van der Waals surface area contributed by atoms with Crippen molar-refractivity contribution in [3.05, 3.63) is 78.2 Å². The number of aromatic nitrogens is 2. The SMILES string of the molecule is CC(C)(C)[C@H](c1nc(-c2ccccc2)cn1Cc1ccccc1)N(CC1(F)CCNC1)C(=O)ON1CCN(S(C)(=O)=O)CC1. The molecule has 0 bridgehead atoms. The van der Waals surface area contributed by atoms with Crippen LogP contribution in [0.4, 0.5) is 9.18 Å². The molecule has 2 aliphatic rings. The Morgan fingerprint density at radius 1 is 1.07 bits per heavy atom. The Kier molecular flexibility index (Phi) is 9.45. The van der Waals surface area contributed by atoms with Gasteiger partial charge in [-0.05, 0) is 23.9 Å². The van der Waals surface area contributed by atoms with Gasteiger partial charge in [0.1, 0.15) is 11.5 Å². The molecule has 2 aliphatic heterocycles. The molecule has 10 nitrogen and oxygen atoms in total. The molecule has 0 saturated carbocycles. The molecule has 1 aromatic heterocycles. The van der Waals surface area contributed by atoms with E-state index in [1.54, 1.807) is 0 Å². The summed E-state index contributed by atoms with van der Waals surface area (Å²) in [4.78, 5) is 26.6. The van der Waals surface area contributed by atoms with E-state index < -0.39 is 33.2 Å². The van der Waals surface area contributed by atoms with Gasteiger partial charge in [-0.3, -0.25) is 4.90 Å². The molecule has 44 heavy (non-hydrogen) atoms. The average molecular weight is 627 g/mol. The number of imidazole rings is 1. The standard InChI is InChI=1S/C32H43FN6O4S/c1-31(2,3)28(29-35-27(26-13-9-6-10-14-26)22-36(29)21-25-11-7-5-8-12-25)39(24-32(33)15-16-34-23-32)30(40)43-37-17-19-38(20-18-37)44(4,41)42/h5-14,22,28,34H,15-21,23-24H2,1-4H3/t28-,32?/m0/s1. The number of rotatable bonds is 9. The molecular weight excluding hydrogens is 583 g/mol. The highest BCUT2D eigenvalue weighted by molar-refractivity contribution is 7.88. The van der Waals surface area contributed by atoms with E-state index in [0.717, 1.165) is 16.8 Å². The van der Waals surface area contributed by atoms with Gasteiger partial charge in [-0.15, -0.1) is 5.06 Å². The van der Waals surface area contributed by atoms with E-state index in [2.05, 4.69) is 9.88 Å². The van der Waals surface area contributed by atoms with Crippen molar-refractivity contribution < 1.29 is 22.4 Å². The second-order valence-electron chi connectivity index (χ2n) is 12.9. The zero-order valence-corrected chi connectivity index (χ0v) is 26.8. The quantitative estimate of drug-likeness (QED) is 0.378. The summed E-state index contributed by atoms with van der Waals surface area (Å²) in [6.07, 6.45) is 2.75. The normalized spacial score (nSPS) is 20.8. The number of hydrogen-bond acceptors (Lipinski definition) is 7. The highest BCUT2D eigenvalue weighted by atomic mass is 32.2. The molecule has 1 unspecified atom stereocenters. The number of carbonyl (C=O) groups is 1. The topological polar surface area (TPSA) is 100 Å². The molecular formula is C32H43FN6O4S. The lowest BCUT2D eigenvalue weighted by molar-refractivity contribution is -0.135. The van der Waals surface area contributed by atoms with Crippen LogP contribution in [0.3, 0.4) is 0 Å². The van der Waals surface area contributed by atoms with Gasteiger partial charge in [-0.2, -0.15) is 4.31 Å². The summed E-state index contributed by atoms with van der Waals surface area (Å²) in [5, 5.41) is 4.57. The molecule has 3 aromatic rings. The third kappa shape index (κ3) is 7.66. The van der Waals surface area contributed by atoms with Crippen LogP contribution in [-0.4, -0.2) is 96.1 Å². The number of nitrogens with zero attached hydrogens (tertiary/aromatic N) is 5. The van der Waals surface area contributed by atoms with Crippen LogP contribution in [0, 0.1) is 5.41 Å². The zero-order valence-electron chi connectivity index (χ0n) is 25.9. The molecule has 2 aromatic carbocycles. The van der Waals surface area contributed by atoms with Crippen molar-refractivity contribution in [2.45, 2.75) is 45.4 Å². The van der Waals surface area contributed by atoms with Crippen molar-refractivity contribution in [2.24, 2.45) is 5.41 Å². The van der Waals surface area contributed by atoms with Crippen molar-refractivity contribution in [3.63, 3.8) is 0 Å². The molecule has 2 saturated heterocycles. The van der Waals surface area contributed by atoms with Crippen molar-refractivity contribution in [1.82, 2.24) is 29.1 Å². The largest absolute Gasteiger partial charge is 0.429 e. The van der Waals surface area contributed by atoms with E-state index in [9.17, 15) is 13.2 Å². The van der Waals surface area contributed by atoms with Crippen LogP contribution in [0.15, 0.2) is 66.9 Å². The minimum atomic E-state index is -3.35. The summed E-state index contributed by atoms with van der Waals surface area (Å²) >= 11 is 0. The first-order valence-electron chi connectivity index (χ1n) is 15.1. The van der Waals surface area contributed by atoms with E-state index in [-0.39, 0.29) is 45.7 Å². The predicted octanol–water partition coefficient (Wildman–Crippen LogP) is 4.32. The molecule has 12 heteroatoms. The Labute approximate surface area is 259 Å². The highest BCUT2D eigenvalue weighted by Gasteiger charge is 2.46. The molecule has 2 fully saturated rings. The minimum absolute atomic E-state index is 0.133. The van der Waals surface area contributed by atoms with Crippen molar-refractivity contribution in [3.8, 4) is 11.3 Å². The first kappa shape index (κ1) is 32.1. The minimum Gasteiger partial charge on any atom is -0.351 e. The monoisotopic (exact) mass is 626 g/mol. The Morgan fingerprint density at radius 3 is 2.27 bits per heavy atom. The smallest absolute Gasteiger partial charge is 0.351 e. The first-order valence-corrected chi connectivity index (χ1v) is 16.9. The van der Waals surface area contributed by atoms with Crippen LogP contribution in [0.5, 0.6) is 0 Å². The van der Waals surface area contributed by atoms with Crippen LogP contribution >= 0.6 is 0 Å². The van der Waals surface area contributed by atoms with E-state index in [1.807, 2.05) is 87.6 Å². The Balaban J connectivity index is 1.53. The lowest BCUT2D eigenvalue weighted by Gasteiger charge is -2.42. The van der Waals surface area contributed by atoms with Gasteiger partial charge in [0.25, 0.3) is 0 Å². The maximum atomic E-state index is 16.2. The van der Waals surface area contributed by atoms with E-state index >= 15 is 4.39 Å². The molecule has 3 heterocycles. The Bertz CT molecular complexity index is 1510. The van der Waals surface area contributed by atoms with Gasteiger partial charge in [0.2, 0.25) is 10.0 Å². The summed E-state index contributed by atoms with van der Waals surface area (Å²) < 4.78 is 43.7. The number of nitrogens with one attached hydrogen (secondary N) is 1. The van der Waals surface area contributed by atoms with Crippen LogP contribution < -0.4 is 5.32 Å². The lowest BCUT2D eigenvalue weighted by atomic mass is 9.84. The fraction of sp³-hybridized carbons (Fsp3) is 0.500. The van der Waals surface area contributed by atoms with Gasteiger partial charge in [0.15, 0.2) is 0 Å². The molecule has 5 rings (SSSR count). The summed E-state index contributed by atoms with van der Waals surface area (Å²) in [5.74, 6) is 0.633. The Morgan fingerprint density at radius 2 is 1.70 bits per heavy atom. The zero-order chi connectivity index (χ0) is 31.5. The molecule has 238 valence electrons. The molecule has 0 aliphatic carbocycles. The lowest BCUT2D eigenvalue weighted by Crippen LogP contribution is -2.53. The van der Waals surface area contributed by atoms with Crippen LogP contribution in [0.25, 0.3) is 11.3 Å². The van der Waals surface area contributed by atoms with Crippen LogP contribution in [0.1, 0.15) is 44.6 Å². The van der Waals surface area contributed by atoms with Crippen molar-refractivity contribution in [1.29, 1.82) is 0 Å². The summed E-state index contributed by atoms with van der Waals surface area (Å²) in [6.45, 7) is 7.89. The number of amides is 1. The number of sulfonamides is 1. The molecule has 1 amide bonds. The molecule has 0 spiro atoms. The fourth-order valence-electron chi connectivity index (χ4n) is 5.97. The number of carbonyl (C=O) groups excluding carboxylic acids is 1. The maximum absolute atomic E-state index is 16.2. The van der Waals surface area contributed by atoms with Gasteiger partial charge in [0, 0.05) is 51.0 Å². The van der Waals surface area contributed by atoms with E-state index in [1.165, 1.54) is 20.5 Å². The summed E-state index contributed by atoms with van der Waals surface area (Å²) in [6, 6.07) is 19.2. The van der Waals surface area contributed by atoms with E-state index in [4.69, 9.17) is 9.82 Å². The average Bonchev–Trinajstić information content (AvgIpc) is 3.59. The number of halogens is 1. The molecule has 1 N–H and O–H groups in total. The number of hydroxylamine groups is 2. The van der Waals surface area contributed by atoms with Gasteiger partial charge in [0.05, 0.1) is 24.5 Å². The van der Waals surface area contributed by atoms with Gasteiger partial charge in [-0.1, -0.05) is 81.4 Å². The van der Waals surface area contributed by atoms with Crippen molar-refractivity contribution >= 4 is 16.1 Å². The van der Waals surface area contributed by atoms with Crippen LogP contribution in [-0.2, 0) is 21.4 Å². The number of benzene rings is 2. The van der Waals surface area contributed by atoms with E-state index in [0.29, 0.717) is 18.9 Å². The molecule has 2 atom stereocenters. The van der Waals surface area contributed by atoms with Gasteiger partial charge >= 0.3 is 6.09 Å². The van der Waals surface area contributed by atoms with Crippen molar-refractivity contribution in [2.75, 3.05) is 52.1 Å². The second-order valence-corrected chi connectivity index (χ2v) is 14.9. The highest BCUT2D eigenvalue weighted by Crippen LogP contribution is 2.41. The molecule has 0 radical (unpaired) electrons. The number of hydrogen-bond donors (Lipinski definition) is 1. The summed E-state index contributed by atoms with van der Waals surface area (Å²) in [5.41, 5.74) is 0.556. The maximum Gasteiger partial charge on any atom is 0.429 e. The number of alkyl halides is 1. The summed E-state index contributed by atoms with van der Waals surface area (Å²) in [7, 11) is -3.35. The van der Waals surface area contributed by atoms with Gasteiger partial charge < -0.3 is 14.7 Å². The third-order valence-electron chi connectivity index (χ3n) is 8.20. The first-order chi connectivity index (χ1) is 20.8. The third-order valence-corrected chi connectivity index (χ3v) is 9.51. The van der Waals surface area contributed by atoms with Crippen LogP contribution in [0.2, 0.25) is 0 Å². The predicted molar refractivity (Wildman–Crippen MR) is 168 cm³/mol.